The van der Waals surface area contributed by atoms with E-state index in [4.69, 9.17) is 4.42 Å². The fraction of sp³-hybridized carbons (Fsp3) is 0.364. The van der Waals surface area contributed by atoms with Gasteiger partial charge in [-0.25, -0.2) is 4.98 Å². The zero-order chi connectivity index (χ0) is 10.5. The van der Waals surface area contributed by atoms with Crippen molar-refractivity contribution in [1.29, 1.82) is 0 Å². The summed E-state index contributed by atoms with van der Waals surface area (Å²) in [6, 6.07) is 1.97. The molecule has 2 rings (SSSR count). The van der Waals surface area contributed by atoms with Gasteiger partial charge in [-0.05, 0) is 6.07 Å². The number of aryl methyl sites for hydroxylation is 1. The van der Waals surface area contributed by atoms with Gasteiger partial charge in [0, 0.05) is 44.5 Å². The summed E-state index contributed by atoms with van der Waals surface area (Å²) in [4.78, 5) is 4.25. The molecule has 0 radical (unpaired) electrons. The number of imidazole rings is 1. The van der Waals surface area contributed by atoms with E-state index in [-0.39, 0.29) is 0 Å². The predicted octanol–water partition coefficient (Wildman–Crippen LogP) is 1.35. The van der Waals surface area contributed by atoms with Gasteiger partial charge in [0.25, 0.3) is 0 Å². The number of hydrogen-bond donors (Lipinski definition) is 1. The lowest BCUT2D eigenvalue weighted by atomic mass is 10.3. The van der Waals surface area contributed by atoms with Crippen LogP contribution >= 0.6 is 0 Å². The van der Waals surface area contributed by atoms with Crippen LogP contribution < -0.4 is 5.32 Å². The van der Waals surface area contributed by atoms with Crippen molar-refractivity contribution in [1.82, 2.24) is 14.9 Å². The average Bonchev–Trinajstić information content (AvgIpc) is 2.85. The van der Waals surface area contributed by atoms with Crippen LogP contribution in [0.5, 0.6) is 0 Å². The number of rotatable bonds is 5. The second-order valence-corrected chi connectivity index (χ2v) is 3.51. The molecule has 4 heteroatoms. The summed E-state index contributed by atoms with van der Waals surface area (Å²) in [7, 11) is 2.01. The Bertz CT molecular complexity index is 392. The summed E-state index contributed by atoms with van der Waals surface area (Å²) in [5.41, 5.74) is 1.18. The summed E-state index contributed by atoms with van der Waals surface area (Å²) < 4.78 is 7.02. The van der Waals surface area contributed by atoms with Crippen LogP contribution in [-0.2, 0) is 20.0 Å². The first-order chi connectivity index (χ1) is 7.36. The lowest BCUT2D eigenvalue weighted by Gasteiger charge is -2.03. The van der Waals surface area contributed by atoms with Crippen LogP contribution in [0.1, 0.15) is 11.4 Å². The molecule has 0 saturated heterocycles. The quantitative estimate of drug-likeness (QED) is 0.749. The Hall–Kier alpha value is -1.55. The topological polar surface area (TPSA) is 43.0 Å². The molecule has 2 aromatic heterocycles. The second-order valence-electron chi connectivity index (χ2n) is 3.51. The highest BCUT2D eigenvalue weighted by Crippen LogP contribution is 1.99. The predicted molar refractivity (Wildman–Crippen MR) is 57.3 cm³/mol. The van der Waals surface area contributed by atoms with Gasteiger partial charge in [0.2, 0.25) is 0 Å². The highest BCUT2D eigenvalue weighted by Gasteiger charge is 1.98. The molecule has 1 N–H and O–H groups in total. The van der Waals surface area contributed by atoms with Crippen LogP contribution in [0.25, 0.3) is 0 Å². The van der Waals surface area contributed by atoms with Crippen molar-refractivity contribution in [3.05, 3.63) is 42.4 Å². The van der Waals surface area contributed by atoms with E-state index < -0.39 is 0 Å². The van der Waals surface area contributed by atoms with Gasteiger partial charge >= 0.3 is 0 Å². The molecular weight excluding hydrogens is 190 g/mol. The average molecular weight is 205 g/mol. The van der Waals surface area contributed by atoms with Crippen LogP contribution in [0.4, 0.5) is 0 Å². The van der Waals surface area contributed by atoms with Crippen molar-refractivity contribution in [2.75, 3.05) is 6.54 Å². The van der Waals surface area contributed by atoms with Crippen LogP contribution in [0, 0.1) is 0 Å². The van der Waals surface area contributed by atoms with Crippen LogP contribution in [-0.4, -0.2) is 16.1 Å². The zero-order valence-electron chi connectivity index (χ0n) is 8.81. The minimum atomic E-state index is 0.848. The van der Waals surface area contributed by atoms with E-state index >= 15 is 0 Å². The molecule has 4 nitrogen and oxygen atoms in total. The van der Waals surface area contributed by atoms with E-state index in [1.165, 1.54) is 5.56 Å². The first-order valence-corrected chi connectivity index (χ1v) is 5.04. The van der Waals surface area contributed by atoms with E-state index in [0.717, 1.165) is 25.3 Å². The van der Waals surface area contributed by atoms with E-state index in [9.17, 15) is 0 Å². The molecule has 0 spiro atoms. The van der Waals surface area contributed by atoms with Gasteiger partial charge in [-0.1, -0.05) is 0 Å². The third-order valence-corrected chi connectivity index (χ3v) is 2.36. The molecule has 0 amide bonds. The van der Waals surface area contributed by atoms with Crippen molar-refractivity contribution in [2.24, 2.45) is 7.05 Å². The molecule has 0 aliphatic heterocycles. The second kappa shape index (κ2) is 4.79. The SMILES string of the molecule is Cn1ccnc1CCNCc1ccoc1. The molecule has 2 heterocycles. The molecule has 0 bridgehead atoms. The molecule has 0 aromatic carbocycles. The first kappa shape index (κ1) is 9.98. The minimum absolute atomic E-state index is 0.848. The zero-order valence-corrected chi connectivity index (χ0v) is 8.81. The lowest BCUT2D eigenvalue weighted by Crippen LogP contribution is -2.17. The Kier molecular flexibility index (Phi) is 3.19. The van der Waals surface area contributed by atoms with Crippen LogP contribution in [0.3, 0.4) is 0 Å². The van der Waals surface area contributed by atoms with Crippen molar-refractivity contribution in [2.45, 2.75) is 13.0 Å². The molecule has 0 unspecified atom stereocenters. The van der Waals surface area contributed by atoms with E-state index in [1.54, 1.807) is 12.5 Å². The van der Waals surface area contributed by atoms with E-state index in [1.807, 2.05) is 30.1 Å². The smallest absolute Gasteiger partial charge is 0.109 e. The maximum Gasteiger partial charge on any atom is 0.109 e. The van der Waals surface area contributed by atoms with E-state index in [2.05, 4.69) is 10.3 Å². The van der Waals surface area contributed by atoms with E-state index in [0.29, 0.717) is 0 Å². The van der Waals surface area contributed by atoms with Gasteiger partial charge in [-0.15, -0.1) is 0 Å². The molecule has 0 aliphatic carbocycles. The molecule has 0 atom stereocenters. The highest BCUT2D eigenvalue weighted by atomic mass is 16.3. The molecule has 15 heavy (non-hydrogen) atoms. The molecule has 0 fully saturated rings. The summed E-state index contributed by atoms with van der Waals surface area (Å²) >= 11 is 0. The largest absolute Gasteiger partial charge is 0.472 e. The molecule has 0 aliphatic rings. The van der Waals surface area contributed by atoms with Crippen molar-refractivity contribution in [3.63, 3.8) is 0 Å². The first-order valence-electron chi connectivity index (χ1n) is 5.04. The van der Waals surface area contributed by atoms with Crippen molar-refractivity contribution >= 4 is 0 Å². The standard InChI is InChI=1S/C11H15N3O/c1-14-6-5-13-11(14)2-4-12-8-10-3-7-15-9-10/h3,5-7,9,12H,2,4,8H2,1H3. The summed E-state index contributed by atoms with van der Waals surface area (Å²) in [6.07, 6.45) is 8.18. The Morgan fingerprint density at radius 3 is 3.13 bits per heavy atom. The Labute approximate surface area is 88.9 Å². The Morgan fingerprint density at radius 1 is 1.53 bits per heavy atom. The summed E-state index contributed by atoms with van der Waals surface area (Å²) in [6.45, 7) is 1.77. The molecular formula is C11H15N3O. The number of nitrogens with zero attached hydrogens (tertiary/aromatic N) is 2. The van der Waals surface area contributed by atoms with Gasteiger partial charge in [0.05, 0.1) is 12.5 Å². The molecule has 80 valence electrons. The van der Waals surface area contributed by atoms with Gasteiger partial charge in [-0.3, -0.25) is 0 Å². The number of furan rings is 1. The maximum atomic E-state index is 4.98. The molecule has 0 saturated carbocycles. The third kappa shape index (κ3) is 2.70. The van der Waals surface area contributed by atoms with Crippen LogP contribution in [0.15, 0.2) is 35.4 Å². The number of nitrogens with one attached hydrogen (secondary N) is 1. The summed E-state index contributed by atoms with van der Waals surface area (Å²) in [5, 5.41) is 3.34. The van der Waals surface area contributed by atoms with Crippen LogP contribution in [0.2, 0.25) is 0 Å². The van der Waals surface area contributed by atoms with Gasteiger partial charge < -0.3 is 14.3 Å². The Morgan fingerprint density at radius 2 is 2.47 bits per heavy atom. The lowest BCUT2D eigenvalue weighted by molar-refractivity contribution is 0.560. The summed E-state index contributed by atoms with van der Waals surface area (Å²) in [5.74, 6) is 1.11. The van der Waals surface area contributed by atoms with Crippen molar-refractivity contribution < 1.29 is 4.42 Å². The van der Waals surface area contributed by atoms with Crippen molar-refractivity contribution in [3.8, 4) is 0 Å². The minimum Gasteiger partial charge on any atom is -0.472 e. The molecule has 2 aromatic rings. The van der Waals surface area contributed by atoms with Gasteiger partial charge in [-0.2, -0.15) is 0 Å². The van der Waals surface area contributed by atoms with Gasteiger partial charge in [0.1, 0.15) is 5.82 Å². The number of aromatic nitrogens is 2. The normalized spacial score (nSPS) is 10.7. The van der Waals surface area contributed by atoms with Gasteiger partial charge in [0.15, 0.2) is 0 Å². The maximum absolute atomic E-state index is 4.98. The highest BCUT2D eigenvalue weighted by molar-refractivity contribution is 5.04. The fourth-order valence-electron chi connectivity index (χ4n) is 1.46. The fourth-order valence-corrected chi connectivity index (χ4v) is 1.46. The Balaban J connectivity index is 1.70. The third-order valence-electron chi connectivity index (χ3n) is 2.36. The monoisotopic (exact) mass is 205 g/mol. The number of hydrogen-bond acceptors (Lipinski definition) is 3.